The molecule has 0 N–H and O–H groups in total. The van der Waals surface area contributed by atoms with Crippen molar-refractivity contribution in [3.63, 3.8) is 0 Å². The zero-order valence-corrected chi connectivity index (χ0v) is 9.46. The maximum Gasteiger partial charge on any atom is 0.255 e. The van der Waals surface area contributed by atoms with Crippen molar-refractivity contribution < 1.29 is 0 Å². The first-order chi connectivity index (χ1) is 8.77. The number of fused-ring (bicyclic) bond motifs is 3. The number of hydrogen-bond donors (Lipinski definition) is 0. The van der Waals surface area contributed by atoms with Crippen LogP contribution in [0.5, 0.6) is 0 Å². The highest BCUT2D eigenvalue weighted by Gasteiger charge is 2.15. The molecule has 0 unspecified atom stereocenters. The van der Waals surface area contributed by atoms with Crippen LogP contribution in [-0.2, 0) is 0 Å². The summed E-state index contributed by atoms with van der Waals surface area (Å²) in [6, 6.07) is 10.8. The smallest absolute Gasteiger partial charge is 0.255 e. The number of nitrogens with zero attached hydrogens (tertiary/aromatic N) is 2. The van der Waals surface area contributed by atoms with Gasteiger partial charge < -0.3 is 10.3 Å². The summed E-state index contributed by atoms with van der Waals surface area (Å²) in [6.45, 7) is 0.328. The molecule has 88 valence electrons. The van der Waals surface area contributed by atoms with Crippen molar-refractivity contribution in [3.8, 4) is 0 Å². The molecule has 0 amide bonds. The van der Waals surface area contributed by atoms with E-state index in [-0.39, 0.29) is 5.56 Å². The fourth-order valence-corrected chi connectivity index (χ4v) is 2.73. The van der Waals surface area contributed by atoms with E-state index < -0.39 is 0 Å². The monoisotopic (exact) mass is 237 g/mol. The first kappa shape index (κ1) is 9.67. The number of benzene rings is 1. The molecule has 0 fully saturated rings. The van der Waals surface area contributed by atoms with Crippen LogP contribution in [0.25, 0.3) is 22.5 Å². The van der Waals surface area contributed by atoms with Crippen LogP contribution in [0.2, 0.25) is 0 Å². The lowest BCUT2D eigenvalue weighted by atomic mass is 10.1. The van der Waals surface area contributed by atoms with Gasteiger partial charge in [-0.15, -0.1) is 0 Å². The molecule has 18 heavy (non-hydrogen) atoms. The molecule has 1 aliphatic rings. The molecule has 4 rings (SSSR count). The van der Waals surface area contributed by atoms with Crippen LogP contribution >= 0.6 is 0 Å². The van der Waals surface area contributed by atoms with Crippen molar-refractivity contribution in [3.05, 3.63) is 57.2 Å². The molecule has 0 atom stereocenters. The Labute approximate surface area is 102 Å². The number of pyridine rings is 1. The number of para-hydroxylation sites is 1. The molecule has 0 saturated carbocycles. The summed E-state index contributed by atoms with van der Waals surface area (Å²) in [6.07, 6.45) is 1.89. The van der Waals surface area contributed by atoms with E-state index in [0.29, 0.717) is 12.2 Å². The van der Waals surface area contributed by atoms with E-state index in [1.807, 2.05) is 30.3 Å². The van der Waals surface area contributed by atoms with Gasteiger partial charge in [0.25, 0.3) is 5.56 Å². The van der Waals surface area contributed by atoms with Crippen LogP contribution in [0.1, 0.15) is 0 Å². The molecular weight excluding hydrogens is 228 g/mol. The predicted octanol–water partition coefficient (Wildman–Crippen LogP) is 1.27. The molecule has 0 aliphatic carbocycles. The second kappa shape index (κ2) is 3.11. The second-order valence-electron chi connectivity index (χ2n) is 4.44. The van der Waals surface area contributed by atoms with Gasteiger partial charge in [-0.1, -0.05) is 24.3 Å². The highest BCUT2D eigenvalue weighted by molar-refractivity contribution is 5.95. The zero-order valence-electron chi connectivity index (χ0n) is 9.46. The van der Waals surface area contributed by atoms with E-state index in [2.05, 4.69) is 0 Å². The predicted molar refractivity (Wildman–Crippen MR) is 71.6 cm³/mol. The average molecular weight is 237 g/mol. The van der Waals surface area contributed by atoms with Crippen molar-refractivity contribution in [2.45, 2.75) is 0 Å². The highest BCUT2D eigenvalue weighted by atomic mass is 16.5. The molecule has 4 heteroatoms. The fraction of sp³-hybridized carbons (Fsp3) is 0.0714. The topological polar surface area (TPSA) is 47.8 Å². The summed E-state index contributed by atoms with van der Waals surface area (Å²) in [5.74, 6) is 0. The molecule has 2 aromatic heterocycles. The van der Waals surface area contributed by atoms with Gasteiger partial charge in [0.05, 0.1) is 16.7 Å². The standard InChI is InChI=1S/C14H9N2O2/c17-13-6-5-12-14-10(7-8-15(12)18)9-3-1-2-4-11(9)16(13)14/h1-7H,8H2/q-1. The van der Waals surface area contributed by atoms with E-state index in [9.17, 15) is 10.0 Å². The summed E-state index contributed by atoms with van der Waals surface area (Å²) >= 11 is 0. The first-order valence-electron chi connectivity index (χ1n) is 5.78. The average Bonchev–Trinajstić information content (AvgIpc) is 2.72. The highest BCUT2D eigenvalue weighted by Crippen LogP contribution is 2.24. The van der Waals surface area contributed by atoms with Crippen LogP contribution < -0.4 is 15.8 Å². The number of rotatable bonds is 0. The first-order valence-corrected chi connectivity index (χ1v) is 5.78. The largest absolute Gasteiger partial charge is 0.758 e. The third-order valence-corrected chi connectivity index (χ3v) is 3.49. The normalized spacial score (nSPS) is 14.2. The third-order valence-electron chi connectivity index (χ3n) is 3.49. The van der Waals surface area contributed by atoms with Crippen LogP contribution in [0.3, 0.4) is 0 Å². The summed E-state index contributed by atoms with van der Waals surface area (Å²) in [4.78, 5) is 12.0. The Morgan fingerprint density at radius 2 is 1.94 bits per heavy atom. The Bertz CT molecular complexity index is 895. The number of hydroxylamine groups is 1. The minimum absolute atomic E-state index is 0.0973. The van der Waals surface area contributed by atoms with Gasteiger partial charge in [0.15, 0.2) is 0 Å². The summed E-state index contributed by atoms with van der Waals surface area (Å²) in [5.41, 5.74) is 2.06. The second-order valence-corrected chi connectivity index (χ2v) is 4.44. The number of hydrogen-bond acceptors (Lipinski definition) is 3. The summed E-state index contributed by atoms with van der Waals surface area (Å²) in [5, 5.41) is 14.8. The molecule has 0 spiro atoms. The molecule has 4 nitrogen and oxygen atoms in total. The molecule has 0 radical (unpaired) electrons. The van der Waals surface area contributed by atoms with Gasteiger partial charge in [-0.25, -0.2) is 0 Å². The quantitative estimate of drug-likeness (QED) is 0.591. The third kappa shape index (κ3) is 1.01. The molecule has 1 aliphatic heterocycles. The maximum absolute atomic E-state index is 12.0. The van der Waals surface area contributed by atoms with Crippen LogP contribution in [0, 0.1) is 5.21 Å². The van der Waals surface area contributed by atoms with Crippen LogP contribution in [0.4, 0.5) is 5.69 Å². The maximum atomic E-state index is 12.0. The Hall–Kier alpha value is -2.33. The van der Waals surface area contributed by atoms with Crippen molar-refractivity contribution in [1.29, 1.82) is 0 Å². The van der Waals surface area contributed by atoms with E-state index in [1.54, 1.807) is 10.5 Å². The summed E-state index contributed by atoms with van der Waals surface area (Å²) < 4.78 is 1.63. The molecular formula is C14H9N2O2-. The Morgan fingerprint density at radius 1 is 1.11 bits per heavy atom. The van der Waals surface area contributed by atoms with Gasteiger partial charge in [-0.3, -0.25) is 9.20 Å². The van der Waals surface area contributed by atoms with Crippen LogP contribution in [-0.4, -0.2) is 10.9 Å². The molecule has 0 bridgehead atoms. The Balaban J connectivity index is 2.46. The van der Waals surface area contributed by atoms with E-state index >= 15 is 0 Å². The lowest BCUT2D eigenvalue weighted by Gasteiger charge is -2.31. The molecule has 3 aromatic rings. The Kier molecular flexibility index (Phi) is 1.67. The lowest BCUT2D eigenvalue weighted by molar-refractivity contribution is 1.08. The fourth-order valence-electron chi connectivity index (χ4n) is 2.73. The van der Waals surface area contributed by atoms with Gasteiger partial charge in [0.1, 0.15) is 0 Å². The minimum Gasteiger partial charge on any atom is -0.758 e. The lowest BCUT2D eigenvalue weighted by Crippen LogP contribution is -2.25. The van der Waals surface area contributed by atoms with E-state index in [4.69, 9.17) is 0 Å². The van der Waals surface area contributed by atoms with Gasteiger partial charge in [0.2, 0.25) is 0 Å². The van der Waals surface area contributed by atoms with Gasteiger partial charge >= 0.3 is 0 Å². The van der Waals surface area contributed by atoms with Crippen molar-refractivity contribution in [2.75, 3.05) is 11.6 Å². The summed E-state index contributed by atoms with van der Waals surface area (Å²) in [7, 11) is 0. The van der Waals surface area contributed by atoms with Gasteiger partial charge in [-0.2, -0.15) is 0 Å². The number of anilines is 1. The minimum atomic E-state index is -0.0973. The van der Waals surface area contributed by atoms with E-state index in [1.165, 1.54) is 6.07 Å². The van der Waals surface area contributed by atoms with Gasteiger partial charge in [-0.05, 0) is 12.1 Å². The van der Waals surface area contributed by atoms with Crippen molar-refractivity contribution >= 4 is 28.2 Å². The zero-order chi connectivity index (χ0) is 12.3. The van der Waals surface area contributed by atoms with Crippen molar-refractivity contribution in [2.24, 2.45) is 0 Å². The van der Waals surface area contributed by atoms with E-state index in [0.717, 1.165) is 26.7 Å². The Morgan fingerprint density at radius 3 is 2.83 bits per heavy atom. The molecule has 1 aromatic carbocycles. The van der Waals surface area contributed by atoms with Gasteiger partial charge in [0, 0.05) is 23.2 Å². The van der Waals surface area contributed by atoms with Crippen LogP contribution in [0.15, 0.2) is 41.2 Å². The molecule has 0 saturated heterocycles. The number of aromatic nitrogens is 1. The molecule has 3 heterocycles. The SMILES string of the molecule is O=c1ccc2c3c(c4ccccc4n13)=CCN2[O-]. The van der Waals surface area contributed by atoms with Crippen molar-refractivity contribution in [1.82, 2.24) is 4.40 Å².